The molecule has 0 saturated heterocycles. The van der Waals surface area contributed by atoms with Crippen molar-refractivity contribution in [1.29, 1.82) is 0 Å². The fourth-order valence-corrected chi connectivity index (χ4v) is 5.78. The van der Waals surface area contributed by atoms with Crippen molar-refractivity contribution in [3.63, 3.8) is 0 Å². The Bertz CT molecular complexity index is 1270. The summed E-state index contributed by atoms with van der Waals surface area (Å²) in [6.45, 7) is 2.38. The van der Waals surface area contributed by atoms with Crippen LogP contribution in [0.1, 0.15) is 142 Å². The summed E-state index contributed by atoms with van der Waals surface area (Å²) in [5.41, 5.74) is 0. The molecule has 56 heavy (non-hydrogen) atoms. The van der Waals surface area contributed by atoms with Gasteiger partial charge in [-0.15, -0.1) is 0 Å². The third-order valence-corrected chi connectivity index (χ3v) is 9.15. The molecule has 0 rings (SSSR count). The van der Waals surface area contributed by atoms with Crippen LogP contribution in [0.2, 0.25) is 0 Å². The van der Waals surface area contributed by atoms with Crippen molar-refractivity contribution in [1.82, 2.24) is 5.32 Å². The van der Waals surface area contributed by atoms with Gasteiger partial charge in [0.1, 0.15) is 12.7 Å². The normalized spacial score (nSPS) is 14.6. The van der Waals surface area contributed by atoms with Crippen LogP contribution < -0.4 is 5.32 Å². The first kappa shape index (κ1) is 52.7. The summed E-state index contributed by atoms with van der Waals surface area (Å²) in [6, 6.07) is -1.58. The number of phosphoric acid groups is 1. The van der Waals surface area contributed by atoms with Crippen molar-refractivity contribution >= 4 is 25.7 Å². The van der Waals surface area contributed by atoms with Crippen LogP contribution in [-0.4, -0.2) is 64.9 Å². The highest BCUT2D eigenvalue weighted by atomic mass is 31.2. The van der Waals surface area contributed by atoms with Crippen molar-refractivity contribution in [3.05, 3.63) is 85.1 Å². The van der Waals surface area contributed by atoms with Gasteiger partial charge in [0.25, 0.3) is 0 Å². The lowest BCUT2D eigenvalue weighted by Crippen LogP contribution is -2.43. The van der Waals surface area contributed by atoms with Crippen LogP contribution >= 0.6 is 7.82 Å². The third kappa shape index (κ3) is 37.6. The molecule has 0 radical (unpaired) electrons. The maximum absolute atomic E-state index is 12.3. The number of carbonyl (C=O) groups is 3. The standard InChI is InChI=1S/C44H72NO10P/c1-3-5-7-9-11-13-14-15-16-17-18-19-20-21-22-23-24-25-26-28-29-31-33-35-42(47)45-41(44(49)50)39-55-56(51,52)54-38-40(46)37-53-43(48)36-34-32-30-27-12-10-8-6-4-2/h5,7,11,13,15-16,18-19,21-22,24-25,28-29,40-41,46H,3-4,6,8-10,12,14,17,20,23,26-27,30-39H2,1-2H3,(H,45,47)(H,49,50)(H,51,52)/b7-5-,13-11-,16-15-,19-18-,22-21-,25-24-,29-28-. The van der Waals surface area contributed by atoms with Gasteiger partial charge in [0.2, 0.25) is 5.91 Å². The number of allylic oxidation sites excluding steroid dienone is 14. The summed E-state index contributed by atoms with van der Waals surface area (Å²) in [6.07, 6.45) is 46.3. The molecule has 4 N–H and O–H groups in total. The predicted octanol–water partition coefficient (Wildman–Crippen LogP) is 10.3. The smallest absolute Gasteiger partial charge is 0.472 e. The second kappa shape index (κ2) is 38.5. The number of aliphatic hydroxyl groups excluding tert-OH is 1. The number of hydrogen-bond acceptors (Lipinski definition) is 8. The van der Waals surface area contributed by atoms with Gasteiger partial charge in [-0.1, -0.05) is 150 Å². The van der Waals surface area contributed by atoms with Gasteiger partial charge >= 0.3 is 19.8 Å². The van der Waals surface area contributed by atoms with Crippen LogP contribution in [0.5, 0.6) is 0 Å². The fraction of sp³-hybridized carbons (Fsp3) is 0.614. The third-order valence-electron chi connectivity index (χ3n) is 8.20. The molecule has 3 atom stereocenters. The number of ether oxygens (including phenoxy) is 1. The summed E-state index contributed by atoms with van der Waals surface area (Å²) in [7, 11) is -4.77. The van der Waals surface area contributed by atoms with E-state index >= 15 is 0 Å². The fourth-order valence-electron chi connectivity index (χ4n) is 5.01. The molecule has 0 spiro atoms. The minimum Gasteiger partial charge on any atom is -0.480 e. The second-order valence-corrected chi connectivity index (χ2v) is 14.9. The molecular weight excluding hydrogens is 733 g/mol. The number of esters is 1. The van der Waals surface area contributed by atoms with Gasteiger partial charge in [-0.3, -0.25) is 18.6 Å². The minimum absolute atomic E-state index is 0.0609. The van der Waals surface area contributed by atoms with Crippen molar-refractivity contribution in [2.24, 2.45) is 0 Å². The molecule has 0 saturated carbocycles. The second-order valence-electron chi connectivity index (χ2n) is 13.4. The maximum Gasteiger partial charge on any atom is 0.472 e. The summed E-state index contributed by atoms with van der Waals surface area (Å²) in [4.78, 5) is 45.7. The first-order valence-electron chi connectivity index (χ1n) is 20.6. The summed E-state index contributed by atoms with van der Waals surface area (Å²) in [5, 5.41) is 21.7. The van der Waals surface area contributed by atoms with E-state index in [0.29, 0.717) is 19.3 Å². The SMILES string of the molecule is CC/C=C\C/C=C\C/C=C\C/C=C\C/C=C\C/C=C\C/C=C\CCCC(=O)NC(COP(=O)(O)OCC(O)COC(=O)CCCCCCCCCCC)C(=O)O. The lowest BCUT2D eigenvalue weighted by atomic mass is 10.1. The first-order chi connectivity index (χ1) is 27.1. The Morgan fingerprint density at radius 1 is 0.589 bits per heavy atom. The van der Waals surface area contributed by atoms with E-state index in [-0.39, 0.29) is 12.8 Å². The number of carbonyl (C=O) groups excluding carboxylic acids is 2. The molecule has 0 aromatic heterocycles. The van der Waals surface area contributed by atoms with Crippen LogP contribution in [0.25, 0.3) is 0 Å². The molecule has 318 valence electrons. The van der Waals surface area contributed by atoms with E-state index in [1.807, 2.05) is 12.2 Å². The summed E-state index contributed by atoms with van der Waals surface area (Å²) >= 11 is 0. The Labute approximate surface area is 337 Å². The average Bonchev–Trinajstić information content (AvgIpc) is 3.17. The van der Waals surface area contributed by atoms with E-state index < -0.39 is 57.6 Å². The molecule has 0 heterocycles. The molecule has 0 aliphatic carbocycles. The lowest BCUT2D eigenvalue weighted by Gasteiger charge is -2.18. The first-order valence-corrected chi connectivity index (χ1v) is 22.1. The van der Waals surface area contributed by atoms with Gasteiger partial charge < -0.3 is 25.2 Å². The molecule has 1 amide bonds. The molecule has 3 unspecified atom stereocenters. The number of hydrogen-bond donors (Lipinski definition) is 4. The number of unbranched alkanes of at least 4 members (excludes halogenated alkanes) is 9. The Morgan fingerprint density at radius 2 is 1.04 bits per heavy atom. The quantitative estimate of drug-likeness (QED) is 0.0205. The van der Waals surface area contributed by atoms with E-state index in [2.05, 4.69) is 92.1 Å². The largest absolute Gasteiger partial charge is 0.480 e. The predicted molar refractivity (Wildman–Crippen MR) is 226 cm³/mol. The van der Waals surface area contributed by atoms with Gasteiger partial charge in [0.15, 0.2) is 6.04 Å². The van der Waals surface area contributed by atoms with E-state index in [9.17, 15) is 34.1 Å². The number of nitrogens with one attached hydrogen (secondary N) is 1. The zero-order valence-electron chi connectivity index (χ0n) is 34.1. The van der Waals surface area contributed by atoms with Crippen LogP contribution in [0, 0.1) is 0 Å². The van der Waals surface area contributed by atoms with E-state index in [1.165, 1.54) is 32.1 Å². The van der Waals surface area contributed by atoms with Crippen molar-refractivity contribution < 1.29 is 47.8 Å². The molecule has 0 aromatic carbocycles. The molecule has 0 bridgehead atoms. The summed E-state index contributed by atoms with van der Waals surface area (Å²) < 4.78 is 26.7. The highest BCUT2D eigenvalue weighted by molar-refractivity contribution is 7.47. The highest BCUT2D eigenvalue weighted by Crippen LogP contribution is 2.43. The number of aliphatic carboxylic acids is 1. The molecular formula is C44H72NO10P. The van der Waals surface area contributed by atoms with Gasteiger partial charge in [-0.2, -0.15) is 0 Å². The van der Waals surface area contributed by atoms with E-state index in [1.54, 1.807) is 0 Å². The topological polar surface area (TPSA) is 169 Å². The molecule has 0 fully saturated rings. The Balaban J connectivity index is 4.07. The number of rotatable bonds is 37. The van der Waals surface area contributed by atoms with E-state index in [4.69, 9.17) is 13.8 Å². The van der Waals surface area contributed by atoms with Gasteiger partial charge in [-0.25, -0.2) is 9.36 Å². The zero-order chi connectivity index (χ0) is 41.4. The number of aliphatic hydroxyl groups is 1. The Morgan fingerprint density at radius 3 is 1.52 bits per heavy atom. The average molecular weight is 806 g/mol. The van der Waals surface area contributed by atoms with Crippen molar-refractivity contribution in [3.8, 4) is 0 Å². The summed E-state index contributed by atoms with van der Waals surface area (Å²) in [5.74, 6) is -2.47. The number of phosphoric ester groups is 1. The number of carboxylic acids is 1. The van der Waals surface area contributed by atoms with Crippen LogP contribution in [0.3, 0.4) is 0 Å². The lowest BCUT2D eigenvalue weighted by molar-refractivity contribution is -0.147. The Kier molecular flexibility index (Phi) is 36.2. The Hall–Kier alpha value is -3.34. The van der Waals surface area contributed by atoms with Crippen LogP contribution in [-0.2, 0) is 32.7 Å². The highest BCUT2D eigenvalue weighted by Gasteiger charge is 2.28. The molecule has 0 aliphatic rings. The monoisotopic (exact) mass is 805 g/mol. The van der Waals surface area contributed by atoms with Crippen molar-refractivity contribution in [2.45, 2.75) is 154 Å². The minimum atomic E-state index is -4.77. The number of carboxylic acid groups (broad SMARTS) is 1. The van der Waals surface area contributed by atoms with Gasteiger partial charge in [-0.05, 0) is 64.2 Å². The number of amides is 1. The van der Waals surface area contributed by atoms with Gasteiger partial charge in [0.05, 0.1) is 13.2 Å². The molecule has 11 nitrogen and oxygen atoms in total. The molecule has 12 heteroatoms. The van der Waals surface area contributed by atoms with Crippen molar-refractivity contribution in [2.75, 3.05) is 19.8 Å². The van der Waals surface area contributed by atoms with E-state index in [0.717, 1.165) is 64.2 Å². The molecule has 0 aliphatic heterocycles. The van der Waals surface area contributed by atoms with Crippen LogP contribution in [0.4, 0.5) is 0 Å². The maximum atomic E-state index is 12.3. The zero-order valence-corrected chi connectivity index (χ0v) is 35.0. The molecule has 0 aromatic rings. The van der Waals surface area contributed by atoms with Crippen LogP contribution in [0.15, 0.2) is 85.1 Å². The van der Waals surface area contributed by atoms with Gasteiger partial charge in [0, 0.05) is 12.8 Å².